The summed E-state index contributed by atoms with van der Waals surface area (Å²) >= 11 is 0. The van der Waals surface area contributed by atoms with Crippen molar-refractivity contribution >= 4 is 23.6 Å². The van der Waals surface area contributed by atoms with Gasteiger partial charge in [-0.2, -0.15) is 0 Å². The van der Waals surface area contributed by atoms with E-state index in [0.717, 1.165) is 36.5 Å². The van der Waals surface area contributed by atoms with Gasteiger partial charge >= 0.3 is 0 Å². The third kappa shape index (κ3) is 2.74. The van der Waals surface area contributed by atoms with Gasteiger partial charge in [0.15, 0.2) is 0 Å². The number of rotatable bonds is 2. The Morgan fingerprint density at radius 1 is 0.962 bits per heavy atom. The number of amides is 4. The van der Waals surface area contributed by atoms with Crippen LogP contribution in [-0.4, -0.2) is 58.6 Å². The zero-order chi connectivity index (χ0) is 18.4. The van der Waals surface area contributed by atoms with Crippen molar-refractivity contribution in [3.63, 3.8) is 0 Å². The van der Waals surface area contributed by atoms with Crippen LogP contribution in [0.5, 0.6) is 0 Å². The van der Waals surface area contributed by atoms with Crippen molar-refractivity contribution in [3.05, 3.63) is 22.9 Å². The van der Waals surface area contributed by atoms with Crippen molar-refractivity contribution in [2.45, 2.75) is 50.6 Å². The lowest BCUT2D eigenvalue weighted by Crippen LogP contribution is -2.54. The molecule has 0 aromatic heterocycles. The molecule has 4 rings (SSSR count). The Kier molecular flexibility index (Phi) is 4.14. The van der Waals surface area contributed by atoms with E-state index < -0.39 is 23.8 Å². The molecule has 3 aliphatic heterocycles. The number of allylic oxidation sites excluding steroid dienone is 1. The van der Waals surface area contributed by atoms with Gasteiger partial charge in [-0.05, 0) is 38.2 Å². The molecule has 3 N–H and O–H groups in total. The van der Waals surface area contributed by atoms with Gasteiger partial charge in [0.2, 0.25) is 11.8 Å². The van der Waals surface area contributed by atoms with Crippen LogP contribution in [0.1, 0.15) is 38.5 Å². The Bertz CT molecular complexity index is 761. The second-order valence-electron chi connectivity index (χ2n) is 7.30. The summed E-state index contributed by atoms with van der Waals surface area (Å²) in [7, 11) is 0. The number of piperidine rings is 2. The third-order valence-electron chi connectivity index (χ3n) is 5.66. The number of likely N-dealkylation sites (tertiary alicyclic amines) is 1. The highest BCUT2D eigenvalue weighted by atomic mass is 16.2. The summed E-state index contributed by atoms with van der Waals surface area (Å²) in [5.41, 5.74) is 7.89. The molecule has 3 heterocycles. The van der Waals surface area contributed by atoms with Crippen LogP contribution in [0.3, 0.4) is 0 Å². The van der Waals surface area contributed by atoms with Crippen LogP contribution in [0.4, 0.5) is 0 Å². The van der Waals surface area contributed by atoms with Gasteiger partial charge in [0, 0.05) is 36.8 Å². The predicted molar refractivity (Wildman–Crippen MR) is 91.2 cm³/mol. The predicted octanol–water partition coefficient (Wildman–Crippen LogP) is -0.442. The number of carbonyl (C=O) groups is 4. The maximum atomic E-state index is 12.9. The fourth-order valence-electron chi connectivity index (χ4n) is 4.14. The average molecular weight is 358 g/mol. The van der Waals surface area contributed by atoms with Crippen molar-refractivity contribution in [1.82, 2.24) is 15.1 Å². The minimum Gasteiger partial charge on any atom is -0.375 e. The average Bonchev–Trinajstić information content (AvgIpc) is 2.87. The van der Waals surface area contributed by atoms with E-state index in [1.807, 2.05) is 6.08 Å². The van der Waals surface area contributed by atoms with Crippen LogP contribution in [0.25, 0.3) is 0 Å². The number of carbonyl (C=O) groups excluding carboxylic acids is 4. The molecule has 2 fully saturated rings. The highest BCUT2D eigenvalue weighted by Crippen LogP contribution is 2.35. The maximum Gasteiger partial charge on any atom is 0.262 e. The van der Waals surface area contributed by atoms with E-state index in [0.29, 0.717) is 24.0 Å². The topological polar surface area (TPSA) is 113 Å². The Hall–Kier alpha value is -2.48. The monoisotopic (exact) mass is 358 g/mol. The first-order chi connectivity index (χ1) is 12.5. The van der Waals surface area contributed by atoms with Crippen LogP contribution < -0.4 is 11.1 Å². The van der Waals surface area contributed by atoms with Crippen molar-refractivity contribution in [2.24, 2.45) is 5.73 Å². The molecule has 26 heavy (non-hydrogen) atoms. The molecule has 4 aliphatic rings. The van der Waals surface area contributed by atoms with Gasteiger partial charge in [-0.3, -0.25) is 29.4 Å². The standard InChI is InChI=1S/C18H22N4O4/c19-10-5-7-21(8-6-10)11-1-2-12-13(9-11)18(26)22(17(12)25)14-3-4-15(23)20-16(14)24/h9-10,14H,1-8,19H2,(H,20,23,24). The SMILES string of the molecule is NC1CCN(C2=CC3=C(CC2)C(=O)N(C2CCC(=O)NC2=O)C3=O)CC1. The molecule has 0 spiro atoms. The molecule has 8 nitrogen and oxygen atoms in total. The Morgan fingerprint density at radius 3 is 2.38 bits per heavy atom. The fraction of sp³-hybridized carbons (Fsp3) is 0.556. The van der Waals surface area contributed by atoms with Gasteiger partial charge in [0.1, 0.15) is 6.04 Å². The molecular formula is C18H22N4O4. The lowest BCUT2D eigenvalue weighted by atomic mass is 9.95. The van der Waals surface area contributed by atoms with Gasteiger partial charge in [-0.1, -0.05) is 0 Å². The molecule has 4 amide bonds. The zero-order valence-corrected chi connectivity index (χ0v) is 14.5. The van der Waals surface area contributed by atoms with E-state index in [1.165, 1.54) is 0 Å². The van der Waals surface area contributed by atoms with E-state index in [4.69, 9.17) is 5.73 Å². The van der Waals surface area contributed by atoms with E-state index in [9.17, 15) is 19.2 Å². The maximum absolute atomic E-state index is 12.9. The molecule has 0 aromatic rings. The van der Waals surface area contributed by atoms with Crippen molar-refractivity contribution < 1.29 is 19.2 Å². The van der Waals surface area contributed by atoms with Gasteiger partial charge in [-0.15, -0.1) is 0 Å². The van der Waals surface area contributed by atoms with E-state index in [2.05, 4.69) is 10.2 Å². The molecule has 0 aromatic carbocycles. The molecule has 0 bridgehead atoms. The highest BCUT2D eigenvalue weighted by molar-refractivity contribution is 6.23. The first-order valence-corrected chi connectivity index (χ1v) is 9.11. The minimum atomic E-state index is -0.900. The lowest BCUT2D eigenvalue weighted by Gasteiger charge is -2.35. The largest absolute Gasteiger partial charge is 0.375 e. The van der Waals surface area contributed by atoms with Crippen molar-refractivity contribution in [1.29, 1.82) is 0 Å². The summed E-state index contributed by atoms with van der Waals surface area (Å²) in [5.74, 6) is -1.76. The number of nitrogens with two attached hydrogens (primary N) is 1. The summed E-state index contributed by atoms with van der Waals surface area (Å²) in [6.07, 6.45) is 5.16. The first-order valence-electron chi connectivity index (χ1n) is 9.11. The molecule has 2 saturated heterocycles. The van der Waals surface area contributed by atoms with Gasteiger partial charge in [0.05, 0.1) is 5.57 Å². The molecule has 138 valence electrons. The number of nitrogens with one attached hydrogen (secondary N) is 1. The molecule has 1 atom stereocenters. The normalized spacial score (nSPS) is 27.7. The molecule has 1 aliphatic carbocycles. The van der Waals surface area contributed by atoms with Crippen LogP contribution in [0, 0.1) is 0 Å². The van der Waals surface area contributed by atoms with Crippen molar-refractivity contribution in [2.75, 3.05) is 13.1 Å². The van der Waals surface area contributed by atoms with Crippen LogP contribution in [0.2, 0.25) is 0 Å². The van der Waals surface area contributed by atoms with Gasteiger partial charge in [-0.25, -0.2) is 0 Å². The van der Waals surface area contributed by atoms with E-state index in [-0.39, 0.29) is 24.8 Å². The Labute approximate surface area is 151 Å². The molecule has 8 heteroatoms. The van der Waals surface area contributed by atoms with Crippen LogP contribution in [0.15, 0.2) is 22.9 Å². The number of imide groups is 2. The lowest BCUT2D eigenvalue weighted by molar-refractivity contribution is -0.150. The fourth-order valence-corrected chi connectivity index (χ4v) is 4.14. The number of hydrogen-bond acceptors (Lipinski definition) is 6. The summed E-state index contributed by atoms with van der Waals surface area (Å²) < 4.78 is 0. The molecule has 0 saturated carbocycles. The van der Waals surface area contributed by atoms with Gasteiger partial charge < -0.3 is 10.6 Å². The summed E-state index contributed by atoms with van der Waals surface area (Å²) in [6, 6.07) is -0.675. The minimum absolute atomic E-state index is 0.132. The Balaban J connectivity index is 1.55. The second-order valence-corrected chi connectivity index (χ2v) is 7.30. The second kappa shape index (κ2) is 6.35. The van der Waals surface area contributed by atoms with Crippen LogP contribution >= 0.6 is 0 Å². The van der Waals surface area contributed by atoms with E-state index >= 15 is 0 Å². The first kappa shape index (κ1) is 17.0. The molecule has 1 unspecified atom stereocenters. The summed E-state index contributed by atoms with van der Waals surface area (Å²) in [6.45, 7) is 1.71. The zero-order valence-electron chi connectivity index (χ0n) is 14.5. The Morgan fingerprint density at radius 2 is 1.69 bits per heavy atom. The van der Waals surface area contributed by atoms with Crippen molar-refractivity contribution in [3.8, 4) is 0 Å². The van der Waals surface area contributed by atoms with Crippen LogP contribution in [-0.2, 0) is 19.2 Å². The quantitative estimate of drug-likeness (QED) is 0.647. The number of hydrogen-bond donors (Lipinski definition) is 2. The van der Waals surface area contributed by atoms with Gasteiger partial charge in [0.25, 0.3) is 11.8 Å². The number of nitrogens with zero attached hydrogens (tertiary/aromatic N) is 2. The summed E-state index contributed by atoms with van der Waals surface area (Å²) in [5, 5.41) is 2.22. The summed E-state index contributed by atoms with van der Waals surface area (Å²) in [4.78, 5) is 52.3. The highest BCUT2D eigenvalue weighted by Gasteiger charge is 2.46. The van der Waals surface area contributed by atoms with E-state index in [1.54, 1.807) is 0 Å². The molecule has 0 radical (unpaired) electrons. The smallest absolute Gasteiger partial charge is 0.262 e. The third-order valence-corrected chi connectivity index (χ3v) is 5.66. The molecular weight excluding hydrogens is 336 g/mol.